The maximum Gasteiger partial charge on any atom is 0.125 e. The van der Waals surface area contributed by atoms with Crippen LogP contribution in [0.15, 0.2) is 12.1 Å². The second kappa shape index (κ2) is 7.33. The molecule has 1 rings (SSSR count). The van der Waals surface area contributed by atoms with Crippen molar-refractivity contribution < 1.29 is 4.74 Å². The molecule has 0 unspecified atom stereocenters. The van der Waals surface area contributed by atoms with Gasteiger partial charge in [0.1, 0.15) is 5.75 Å². The zero-order chi connectivity index (χ0) is 11.8. The van der Waals surface area contributed by atoms with E-state index in [1.165, 1.54) is 16.7 Å². The molecule has 0 spiro atoms. The number of methoxy groups -OCH3 is 1. The van der Waals surface area contributed by atoms with Gasteiger partial charge in [-0.2, -0.15) is 0 Å². The molecular formula is C14H24O. The Hall–Kier alpha value is -0.980. The molecular weight excluding hydrogens is 184 g/mol. The summed E-state index contributed by atoms with van der Waals surface area (Å²) in [7, 11) is 1.76. The van der Waals surface area contributed by atoms with E-state index in [-0.39, 0.29) is 0 Å². The van der Waals surface area contributed by atoms with Gasteiger partial charge in [0.25, 0.3) is 0 Å². The third-order valence-corrected chi connectivity index (χ3v) is 2.51. The van der Waals surface area contributed by atoms with Crippen LogP contribution in [0.1, 0.15) is 44.4 Å². The van der Waals surface area contributed by atoms with Crippen LogP contribution in [-0.2, 0) is 12.8 Å². The molecule has 0 atom stereocenters. The minimum Gasteiger partial charge on any atom is -0.496 e. The predicted molar refractivity (Wildman–Crippen MR) is 67.8 cm³/mol. The van der Waals surface area contributed by atoms with E-state index >= 15 is 0 Å². The fourth-order valence-electron chi connectivity index (χ4n) is 1.75. The van der Waals surface area contributed by atoms with Crippen molar-refractivity contribution in [2.45, 2.75) is 47.5 Å². The van der Waals surface area contributed by atoms with Crippen LogP contribution in [0.4, 0.5) is 0 Å². The van der Waals surface area contributed by atoms with Crippen molar-refractivity contribution in [1.29, 1.82) is 0 Å². The van der Waals surface area contributed by atoms with Crippen molar-refractivity contribution >= 4 is 0 Å². The predicted octanol–water partition coefficient (Wildman–Crippen LogP) is 4.15. The summed E-state index contributed by atoms with van der Waals surface area (Å²) in [5.74, 6) is 1.09. The van der Waals surface area contributed by atoms with E-state index < -0.39 is 0 Å². The summed E-state index contributed by atoms with van der Waals surface area (Å²) in [6.07, 6.45) is 2.08. The van der Waals surface area contributed by atoms with E-state index in [0.29, 0.717) is 0 Å². The fraction of sp³-hybridized carbons (Fsp3) is 0.571. The van der Waals surface area contributed by atoms with E-state index in [2.05, 4.69) is 32.9 Å². The minimum atomic E-state index is 1.04. The van der Waals surface area contributed by atoms with Crippen LogP contribution in [0.5, 0.6) is 5.75 Å². The van der Waals surface area contributed by atoms with Crippen molar-refractivity contribution in [3.63, 3.8) is 0 Å². The maximum atomic E-state index is 5.44. The largest absolute Gasteiger partial charge is 0.496 e. The lowest BCUT2D eigenvalue weighted by molar-refractivity contribution is 0.405. The normalized spacial score (nSPS) is 9.20. The zero-order valence-electron chi connectivity index (χ0n) is 11.0. The van der Waals surface area contributed by atoms with Gasteiger partial charge in [0.05, 0.1) is 7.11 Å². The van der Waals surface area contributed by atoms with Crippen molar-refractivity contribution in [3.05, 3.63) is 28.8 Å². The molecule has 0 aromatic heterocycles. The van der Waals surface area contributed by atoms with E-state index in [1.807, 2.05) is 13.8 Å². The first-order valence-corrected chi connectivity index (χ1v) is 5.89. The summed E-state index contributed by atoms with van der Waals surface area (Å²) in [6, 6.07) is 4.34. The standard InChI is InChI=1S/C12H18O.C2H6/c1-5-10-8-7-9(3)11(6-2)12(10)13-4;1-2/h7-8H,5-6H2,1-4H3;1-2H3. The third kappa shape index (κ3) is 3.26. The zero-order valence-corrected chi connectivity index (χ0v) is 11.0. The lowest BCUT2D eigenvalue weighted by Gasteiger charge is -2.13. The smallest absolute Gasteiger partial charge is 0.125 e. The Morgan fingerprint density at radius 3 is 2.07 bits per heavy atom. The molecule has 0 radical (unpaired) electrons. The van der Waals surface area contributed by atoms with E-state index in [4.69, 9.17) is 4.74 Å². The van der Waals surface area contributed by atoms with Gasteiger partial charge in [0.2, 0.25) is 0 Å². The van der Waals surface area contributed by atoms with Crippen LogP contribution in [0.3, 0.4) is 0 Å². The monoisotopic (exact) mass is 208 g/mol. The first-order chi connectivity index (χ1) is 7.24. The van der Waals surface area contributed by atoms with Crippen LogP contribution in [0, 0.1) is 6.92 Å². The van der Waals surface area contributed by atoms with Crippen molar-refractivity contribution in [2.75, 3.05) is 7.11 Å². The number of hydrogen-bond donors (Lipinski definition) is 0. The topological polar surface area (TPSA) is 9.23 Å². The van der Waals surface area contributed by atoms with Crippen molar-refractivity contribution in [1.82, 2.24) is 0 Å². The quantitative estimate of drug-likeness (QED) is 0.725. The van der Waals surface area contributed by atoms with Gasteiger partial charge in [-0.1, -0.05) is 39.8 Å². The number of benzene rings is 1. The number of hydrogen-bond acceptors (Lipinski definition) is 1. The highest BCUT2D eigenvalue weighted by atomic mass is 16.5. The SMILES string of the molecule is CC.CCc1ccc(C)c(CC)c1OC. The molecule has 0 amide bonds. The first kappa shape index (κ1) is 14.0. The van der Waals surface area contributed by atoms with Gasteiger partial charge >= 0.3 is 0 Å². The van der Waals surface area contributed by atoms with Crippen LogP contribution < -0.4 is 4.74 Å². The Labute approximate surface area is 94.5 Å². The fourth-order valence-corrected chi connectivity index (χ4v) is 1.75. The summed E-state index contributed by atoms with van der Waals surface area (Å²) in [6.45, 7) is 10.5. The molecule has 1 heteroatoms. The van der Waals surface area contributed by atoms with Gasteiger partial charge in [-0.3, -0.25) is 0 Å². The summed E-state index contributed by atoms with van der Waals surface area (Å²) >= 11 is 0. The van der Waals surface area contributed by atoms with Gasteiger partial charge in [0.15, 0.2) is 0 Å². The van der Waals surface area contributed by atoms with Crippen LogP contribution >= 0.6 is 0 Å². The number of rotatable bonds is 3. The van der Waals surface area contributed by atoms with Crippen LogP contribution in [0.2, 0.25) is 0 Å². The number of aryl methyl sites for hydroxylation is 2. The van der Waals surface area contributed by atoms with Crippen molar-refractivity contribution in [3.8, 4) is 5.75 Å². The summed E-state index contributed by atoms with van der Waals surface area (Å²) in [4.78, 5) is 0. The molecule has 86 valence electrons. The van der Waals surface area contributed by atoms with Gasteiger partial charge in [-0.15, -0.1) is 0 Å². The van der Waals surface area contributed by atoms with Crippen molar-refractivity contribution in [2.24, 2.45) is 0 Å². The number of ether oxygens (including phenoxy) is 1. The maximum absolute atomic E-state index is 5.44. The highest BCUT2D eigenvalue weighted by molar-refractivity contribution is 5.46. The lowest BCUT2D eigenvalue weighted by atomic mass is 10.00. The average molecular weight is 208 g/mol. The highest BCUT2D eigenvalue weighted by Crippen LogP contribution is 2.27. The summed E-state index contributed by atoms with van der Waals surface area (Å²) in [5, 5.41) is 0. The van der Waals surface area contributed by atoms with Crippen LogP contribution in [-0.4, -0.2) is 7.11 Å². The van der Waals surface area contributed by atoms with Gasteiger partial charge in [0, 0.05) is 0 Å². The molecule has 0 heterocycles. The average Bonchev–Trinajstić information content (AvgIpc) is 2.31. The lowest BCUT2D eigenvalue weighted by Crippen LogP contribution is -1.98. The Morgan fingerprint density at radius 1 is 1.07 bits per heavy atom. The summed E-state index contributed by atoms with van der Waals surface area (Å²) in [5.41, 5.74) is 3.99. The molecule has 1 aromatic rings. The Morgan fingerprint density at radius 2 is 1.67 bits per heavy atom. The van der Waals surface area contributed by atoms with E-state index in [9.17, 15) is 0 Å². The minimum absolute atomic E-state index is 1.04. The summed E-state index contributed by atoms with van der Waals surface area (Å²) < 4.78 is 5.44. The molecule has 0 bridgehead atoms. The molecule has 0 aliphatic heterocycles. The molecule has 0 N–H and O–H groups in total. The Kier molecular flexibility index (Phi) is 6.85. The first-order valence-electron chi connectivity index (χ1n) is 5.89. The van der Waals surface area contributed by atoms with Crippen LogP contribution in [0.25, 0.3) is 0 Å². The molecule has 15 heavy (non-hydrogen) atoms. The highest BCUT2D eigenvalue weighted by Gasteiger charge is 2.08. The molecule has 0 fully saturated rings. The Balaban J connectivity index is 0.000000921. The van der Waals surface area contributed by atoms with Gasteiger partial charge < -0.3 is 4.74 Å². The molecule has 0 aliphatic rings. The molecule has 0 saturated carbocycles. The molecule has 0 saturated heterocycles. The molecule has 1 aromatic carbocycles. The van der Waals surface area contributed by atoms with E-state index in [1.54, 1.807) is 7.11 Å². The van der Waals surface area contributed by atoms with E-state index in [0.717, 1.165) is 18.6 Å². The third-order valence-electron chi connectivity index (χ3n) is 2.51. The molecule has 0 aliphatic carbocycles. The second-order valence-electron chi connectivity index (χ2n) is 3.26. The second-order valence-corrected chi connectivity index (χ2v) is 3.26. The Bertz CT molecular complexity index is 290. The van der Waals surface area contributed by atoms with Gasteiger partial charge in [-0.05, 0) is 36.5 Å². The van der Waals surface area contributed by atoms with Gasteiger partial charge in [-0.25, -0.2) is 0 Å². The molecule has 1 nitrogen and oxygen atoms in total.